The Balaban J connectivity index is 0.980. The van der Waals surface area contributed by atoms with E-state index in [1.54, 1.807) is 10.9 Å². The second-order valence-electron chi connectivity index (χ2n) is 12.9. The third-order valence-corrected chi connectivity index (χ3v) is 9.15. The number of nitrogens with two attached hydrogens (primary N) is 1. The van der Waals surface area contributed by atoms with Crippen LogP contribution in [0.2, 0.25) is 0 Å². The maximum atomic E-state index is 11.1. The van der Waals surface area contributed by atoms with E-state index >= 15 is 0 Å². The van der Waals surface area contributed by atoms with Crippen LogP contribution in [0, 0.1) is 5.92 Å². The molecule has 218 valence electrons. The average molecular weight is 563 g/mol. The maximum absolute atomic E-state index is 11.1. The van der Waals surface area contributed by atoms with Crippen LogP contribution in [-0.4, -0.2) is 87.8 Å². The van der Waals surface area contributed by atoms with E-state index in [4.69, 9.17) is 20.2 Å². The van der Waals surface area contributed by atoms with Gasteiger partial charge in [0.15, 0.2) is 17.7 Å². The van der Waals surface area contributed by atoms with Crippen molar-refractivity contribution in [2.24, 2.45) is 5.92 Å². The molecule has 1 saturated carbocycles. The molecule has 12 heteroatoms. The number of nitrogens with zero attached hydrogens (tertiary/aromatic N) is 6. The normalized spacial score (nSPS) is 31.4. The van der Waals surface area contributed by atoms with Gasteiger partial charge < -0.3 is 30.4 Å². The van der Waals surface area contributed by atoms with Crippen LogP contribution in [0.4, 0.5) is 5.82 Å². The topological polar surface area (TPSA) is 160 Å². The van der Waals surface area contributed by atoms with Gasteiger partial charge in [-0.3, -0.25) is 9.47 Å². The lowest BCUT2D eigenvalue weighted by Crippen LogP contribution is -2.60. The van der Waals surface area contributed by atoms with E-state index < -0.39 is 24.5 Å². The molecule has 3 aromatic heterocycles. The van der Waals surface area contributed by atoms with E-state index in [2.05, 4.69) is 63.8 Å². The lowest BCUT2D eigenvalue weighted by molar-refractivity contribution is -0.202. The van der Waals surface area contributed by atoms with Gasteiger partial charge in [-0.2, -0.15) is 0 Å². The molecule has 7 rings (SSSR count). The molecule has 5 N–H and O–H groups in total. The zero-order valence-electron chi connectivity index (χ0n) is 23.8. The molecule has 0 amide bonds. The molecule has 1 aromatic carbocycles. The molecule has 3 fully saturated rings. The van der Waals surface area contributed by atoms with E-state index in [-0.39, 0.29) is 35.5 Å². The molecule has 1 aliphatic carbocycles. The number of hydrogen-bond acceptors (Lipinski definition) is 10. The van der Waals surface area contributed by atoms with Gasteiger partial charge in [-0.25, -0.2) is 19.9 Å². The molecule has 6 atom stereocenters. The molecule has 0 bridgehead atoms. The minimum Gasteiger partial charge on any atom is -0.392 e. The lowest BCUT2D eigenvalue weighted by atomic mass is 9.74. The Kier molecular flexibility index (Phi) is 6.32. The van der Waals surface area contributed by atoms with Crippen molar-refractivity contribution in [1.82, 2.24) is 34.4 Å². The second kappa shape index (κ2) is 9.70. The van der Waals surface area contributed by atoms with Crippen LogP contribution in [0.25, 0.3) is 22.2 Å². The summed E-state index contributed by atoms with van der Waals surface area (Å²) in [5.74, 6) is 1.29. The van der Waals surface area contributed by atoms with Gasteiger partial charge in [0.25, 0.3) is 0 Å². The number of aromatic nitrogens is 6. The summed E-state index contributed by atoms with van der Waals surface area (Å²) in [7, 11) is 0. The Hall–Kier alpha value is -3.16. The first-order valence-electron chi connectivity index (χ1n) is 14.4. The van der Waals surface area contributed by atoms with Crippen LogP contribution >= 0.6 is 0 Å². The van der Waals surface area contributed by atoms with Crippen molar-refractivity contribution in [3.05, 3.63) is 42.2 Å². The smallest absolute Gasteiger partial charge is 0.167 e. The number of nitrogen functional groups attached to an aromatic ring is 1. The molecule has 2 saturated heterocycles. The number of aliphatic hydroxyl groups excluding tert-OH is 2. The molecule has 2 aliphatic heterocycles. The third-order valence-electron chi connectivity index (χ3n) is 9.15. The van der Waals surface area contributed by atoms with Crippen LogP contribution in [0.1, 0.15) is 58.2 Å². The van der Waals surface area contributed by atoms with Crippen LogP contribution in [0.5, 0.6) is 0 Å². The van der Waals surface area contributed by atoms with Gasteiger partial charge in [-0.15, -0.1) is 0 Å². The minimum atomic E-state index is -0.877. The predicted molar refractivity (Wildman–Crippen MR) is 152 cm³/mol. The van der Waals surface area contributed by atoms with Crippen molar-refractivity contribution in [1.29, 1.82) is 0 Å². The fraction of sp³-hybridized carbons (Fsp3) is 0.586. The van der Waals surface area contributed by atoms with Gasteiger partial charge in [0.05, 0.1) is 23.5 Å². The third kappa shape index (κ3) is 4.58. The van der Waals surface area contributed by atoms with E-state index in [9.17, 15) is 10.2 Å². The average Bonchev–Trinajstić information content (AvgIpc) is 3.58. The molecule has 2 unspecified atom stereocenters. The molecule has 12 nitrogen and oxygen atoms in total. The fourth-order valence-corrected chi connectivity index (χ4v) is 6.63. The number of nitrogens with one attached hydrogen (secondary N) is 1. The predicted octanol–water partition coefficient (Wildman–Crippen LogP) is 2.27. The Morgan fingerprint density at radius 1 is 1.17 bits per heavy atom. The summed E-state index contributed by atoms with van der Waals surface area (Å²) in [5, 5.41) is 22.2. The Labute approximate surface area is 237 Å². The number of imidazole rings is 2. The summed E-state index contributed by atoms with van der Waals surface area (Å²) >= 11 is 0. The summed E-state index contributed by atoms with van der Waals surface area (Å²) in [6, 6.07) is 6.63. The second-order valence-corrected chi connectivity index (χ2v) is 12.9. The SMILES string of the molecule is CC1O[C@H]2[C@@H](O)[C@H](n3cnc4c(N)ncnc43)O[C@@H]2CN1C1CC(C(O)Cc2nc3cc(C(C)(C)C)ccc3[nH]2)C1. The number of ether oxygens (including phenoxy) is 2. The van der Waals surface area contributed by atoms with E-state index in [1.165, 1.54) is 11.9 Å². The summed E-state index contributed by atoms with van der Waals surface area (Å²) in [6.07, 6.45) is 2.21. The Morgan fingerprint density at radius 3 is 2.76 bits per heavy atom. The molecular formula is C29H38N8O4. The number of anilines is 1. The van der Waals surface area contributed by atoms with E-state index in [0.717, 1.165) is 29.7 Å². The quantitative estimate of drug-likeness (QED) is 0.284. The van der Waals surface area contributed by atoms with Crippen molar-refractivity contribution in [3.63, 3.8) is 0 Å². The fourth-order valence-electron chi connectivity index (χ4n) is 6.63. The number of hydrogen-bond donors (Lipinski definition) is 4. The number of fused-ring (bicyclic) bond motifs is 3. The van der Waals surface area contributed by atoms with Gasteiger partial charge in [0.1, 0.15) is 42.2 Å². The van der Waals surface area contributed by atoms with E-state index in [0.29, 0.717) is 24.1 Å². The van der Waals surface area contributed by atoms with Crippen molar-refractivity contribution < 1.29 is 19.7 Å². The largest absolute Gasteiger partial charge is 0.392 e. The molecular weight excluding hydrogens is 524 g/mol. The van der Waals surface area contributed by atoms with Crippen LogP contribution in [0.3, 0.4) is 0 Å². The number of aromatic amines is 1. The highest BCUT2D eigenvalue weighted by molar-refractivity contribution is 5.81. The van der Waals surface area contributed by atoms with Crippen molar-refractivity contribution >= 4 is 28.0 Å². The minimum absolute atomic E-state index is 0.0585. The van der Waals surface area contributed by atoms with Gasteiger partial charge in [-0.05, 0) is 48.8 Å². The van der Waals surface area contributed by atoms with Crippen molar-refractivity contribution in [2.45, 2.75) is 95.3 Å². The Bertz CT molecular complexity index is 1570. The molecule has 0 radical (unpaired) electrons. The standard InChI is InChI=1S/C29H38N8O4/c1-14-36(11-21-25(40-14)24(39)28(41-21)37-13-33-23-26(30)31-12-32-27(23)37)17-7-15(8-17)20(38)10-22-34-18-6-5-16(29(2,3)4)9-19(18)35-22/h5-6,9,12-15,17,20-21,24-25,28,38-39H,7-8,10-11H2,1-4H3,(H,34,35)(H2,30,31,32)/t14?,15?,17?,20?,21-,24-,25-,28-/m1/s1. The summed E-state index contributed by atoms with van der Waals surface area (Å²) in [4.78, 5) is 23.1. The first-order valence-corrected chi connectivity index (χ1v) is 14.4. The Morgan fingerprint density at radius 2 is 1.98 bits per heavy atom. The van der Waals surface area contributed by atoms with E-state index in [1.807, 2.05) is 6.92 Å². The number of rotatable bonds is 5. The highest BCUT2D eigenvalue weighted by Gasteiger charge is 2.52. The van der Waals surface area contributed by atoms with Crippen molar-refractivity contribution in [3.8, 4) is 0 Å². The van der Waals surface area contributed by atoms with Crippen LogP contribution in [0.15, 0.2) is 30.9 Å². The zero-order valence-corrected chi connectivity index (χ0v) is 23.8. The highest BCUT2D eigenvalue weighted by atomic mass is 16.6. The van der Waals surface area contributed by atoms with Gasteiger partial charge >= 0.3 is 0 Å². The van der Waals surface area contributed by atoms with Gasteiger partial charge in [-0.1, -0.05) is 26.8 Å². The van der Waals surface area contributed by atoms with Gasteiger partial charge in [0.2, 0.25) is 0 Å². The summed E-state index contributed by atoms with van der Waals surface area (Å²) in [6.45, 7) is 9.23. The summed E-state index contributed by atoms with van der Waals surface area (Å²) < 4.78 is 14.3. The molecule has 4 aromatic rings. The highest BCUT2D eigenvalue weighted by Crippen LogP contribution is 2.42. The first-order chi connectivity index (χ1) is 19.6. The molecule has 0 spiro atoms. The molecule has 41 heavy (non-hydrogen) atoms. The molecule has 5 heterocycles. The lowest BCUT2D eigenvalue weighted by Gasteiger charge is -2.50. The molecule has 3 aliphatic rings. The maximum Gasteiger partial charge on any atom is 0.167 e. The number of benzene rings is 1. The van der Waals surface area contributed by atoms with Crippen LogP contribution in [-0.2, 0) is 21.3 Å². The summed E-state index contributed by atoms with van der Waals surface area (Å²) in [5.41, 5.74) is 10.2. The zero-order chi connectivity index (χ0) is 28.6. The number of aliphatic hydroxyl groups is 2. The monoisotopic (exact) mass is 562 g/mol. The number of H-pyrrole nitrogens is 1. The van der Waals surface area contributed by atoms with Crippen molar-refractivity contribution in [2.75, 3.05) is 12.3 Å². The van der Waals surface area contributed by atoms with Crippen LogP contribution < -0.4 is 5.73 Å². The first kappa shape index (κ1) is 26.7. The van der Waals surface area contributed by atoms with Gasteiger partial charge in [0, 0.05) is 19.0 Å².